The van der Waals surface area contributed by atoms with Crippen LogP contribution in [0.15, 0.2) is 0 Å². The second-order valence-electron chi connectivity index (χ2n) is 7.39. The van der Waals surface area contributed by atoms with Crippen LogP contribution in [0.4, 0.5) is 0 Å². The molecule has 0 radical (unpaired) electrons. The van der Waals surface area contributed by atoms with E-state index >= 15 is 0 Å². The van der Waals surface area contributed by atoms with Crippen molar-refractivity contribution in [3.8, 4) is 0 Å². The van der Waals surface area contributed by atoms with Gasteiger partial charge in [-0.15, -0.1) is 0 Å². The van der Waals surface area contributed by atoms with E-state index in [9.17, 15) is 0 Å². The second kappa shape index (κ2) is 6.34. The molecule has 1 saturated carbocycles. The van der Waals surface area contributed by atoms with Crippen LogP contribution in [0.1, 0.15) is 90.4 Å². The van der Waals surface area contributed by atoms with Crippen LogP contribution in [0, 0.1) is 5.92 Å². The number of piperidine rings is 1. The van der Waals surface area contributed by atoms with E-state index in [0.717, 1.165) is 12.0 Å². The maximum atomic E-state index is 5.78. The Morgan fingerprint density at radius 1 is 1.10 bits per heavy atom. The van der Waals surface area contributed by atoms with E-state index in [2.05, 4.69) is 11.8 Å². The van der Waals surface area contributed by atoms with Gasteiger partial charge in [0.15, 0.2) is 0 Å². The third kappa shape index (κ3) is 2.53. The monoisotopic (exact) mass is 293 g/mol. The number of hydrogen-bond donors (Lipinski definition) is 0. The summed E-state index contributed by atoms with van der Waals surface area (Å²) in [6, 6.07) is 0.788. The van der Waals surface area contributed by atoms with Crippen molar-refractivity contribution in [3.05, 3.63) is 0 Å². The minimum atomic E-state index is 0.517. The van der Waals surface area contributed by atoms with Crippen LogP contribution < -0.4 is 0 Å². The van der Waals surface area contributed by atoms with Crippen LogP contribution in [-0.2, 0) is 0 Å². The zero-order chi connectivity index (χ0) is 14.0. The van der Waals surface area contributed by atoms with Crippen molar-refractivity contribution in [1.29, 1.82) is 0 Å². The van der Waals surface area contributed by atoms with Gasteiger partial charge in [-0.25, -0.2) is 0 Å². The predicted molar refractivity (Wildman–Crippen MR) is 90.1 cm³/mol. The summed E-state index contributed by atoms with van der Waals surface area (Å²) in [5, 5.41) is 0. The van der Waals surface area contributed by atoms with Gasteiger partial charge in [0.2, 0.25) is 0 Å². The molecule has 1 aliphatic carbocycles. The van der Waals surface area contributed by atoms with E-state index in [1.54, 1.807) is 0 Å². The summed E-state index contributed by atoms with van der Waals surface area (Å²) in [5.41, 5.74) is 0.517. The normalized spacial score (nSPS) is 36.9. The third-order valence-electron chi connectivity index (χ3n) is 6.30. The molecular weight excluding hydrogens is 262 g/mol. The number of rotatable bonds is 5. The molecule has 0 N–H and O–H groups in total. The van der Waals surface area contributed by atoms with Crippen molar-refractivity contribution < 1.29 is 0 Å². The van der Waals surface area contributed by atoms with Crippen LogP contribution >= 0.6 is 12.2 Å². The zero-order valence-corrected chi connectivity index (χ0v) is 14.0. The maximum absolute atomic E-state index is 5.78. The lowest BCUT2D eigenvalue weighted by Crippen LogP contribution is -2.59. The number of hydrogen-bond acceptors (Lipinski definition) is 1. The third-order valence-corrected chi connectivity index (χ3v) is 6.70. The summed E-state index contributed by atoms with van der Waals surface area (Å²) in [7, 11) is 0. The molecule has 3 atom stereocenters. The van der Waals surface area contributed by atoms with Crippen LogP contribution in [0.5, 0.6) is 0 Å². The topological polar surface area (TPSA) is 3.24 Å². The average Bonchev–Trinajstić information content (AvgIpc) is 2.81. The van der Waals surface area contributed by atoms with Crippen LogP contribution in [0.3, 0.4) is 0 Å². The molecule has 0 aromatic heterocycles. The van der Waals surface area contributed by atoms with Crippen molar-refractivity contribution in [2.24, 2.45) is 5.92 Å². The van der Waals surface area contributed by atoms with Crippen LogP contribution in [0.25, 0.3) is 0 Å². The zero-order valence-electron chi connectivity index (χ0n) is 13.2. The number of thiocarbonyl (C=S) groups is 1. The van der Waals surface area contributed by atoms with E-state index in [-0.39, 0.29) is 0 Å². The summed E-state index contributed by atoms with van der Waals surface area (Å²) < 4.78 is 0. The lowest BCUT2D eigenvalue weighted by Gasteiger charge is -2.55. The molecule has 2 saturated heterocycles. The van der Waals surface area contributed by atoms with Gasteiger partial charge in [-0.2, -0.15) is 0 Å². The smallest absolute Gasteiger partial charge is 0.0787 e. The summed E-state index contributed by atoms with van der Waals surface area (Å²) in [6.07, 6.45) is 18.3. The molecule has 3 aliphatic rings. The molecule has 0 unspecified atom stereocenters. The summed E-state index contributed by atoms with van der Waals surface area (Å²) in [6.45, 7) is 2.30. The molecule has 2 aliphatic heterocycles. The van der Waals surface area contributed by atoms with Gasteiger partial charge in [0, 0.05) is 18.0 Å². The van der Waals surface area contributed by atoms with Gasteiger partial charge >= 0.3 is 0 Å². The highest BCUT2D eigenvalue weighted by Crippen LogP contribution is 2.53. The molecule has 0 amide bonds. The first-order valence-corrected chi connectivity index (χ1v) is 9.51. The van der Waals surface area contributed by atoms with Gasteiger partial charge < -0.3 is 4.90 Å². The van der Waals surface area contributed by atoms with Gasteiger partial charge in [0.25, 0.3) is 0 Å². The summed E-state index contributed by atoms with van der Waals surface area (Å²) >= 11 is 5.78. The molecule has 2 heterocycles. The van der Waals surface area contributed by atoms with Crippen LogP contribution in [-0.4, -0.2) is 21.5 Å². The van der Waals surface area contributed by atoms with Crippen molar-refractivity contribution in [1.82, 2.24) is 4.90 Å². The first-order valence-electron chi connectivity index (χ1n) is 9.10. The predicted octanol–water partition coefficient (Wildman–Crippen LogP) is 5.47. The Bertz CT molecular complexity index is 353. The fraction of sp³-hybridized carbons (Fsp3) is 0.944. The fourth-order valence-corrected chi connectivity index (χ4v) is 5.77. The Balaban J connectivity index is 1.69. The Morgan fingerprint density at radius 2 is 2.00 bits per heavy atom. The molecule has 114 valence electrons. The molecule has 2 heteroatoms. The molecule has 0 aromatic carbocycles. The van der Waals surface area contributed by atoms with Gasteiger partial charge in [0.1, 0.15) is 0 Å². The Kier molecular flexibility index (Phi) is 4.69. The second-order valence-corrected chi connectivity index (χ2v) is 7.86. The fourth-order valence-electron chi connectivity index (χ4n) is 5.34. The summed E-state index contributed by atoms with van der Waals surface area (Å²) in [5.74, 6) is 0.962. The van der Waals surface area contributed by atoms with Gasteiger partial charge in [-0.3, -0.25) is 0 Å². The molecule has 1 spiro atoms. The van der Waals surface area contributed by atoms with E-state index < -0.39 is 0 Å². The number of nitrogens with zero attached hydrogens (tertiary/aromatic N) is 1. The molecule has 20 heavy (non-hydrogen) atoms. The highest BCUT2D eigenvalue weighted by atomic mass is 32.1. The maximum Gasteiger partial charge on any atom is 0.0787 e. The van der Waals surface area contributed by atoms with Crippen molar-refractivity contribution >= 4 is 17.2 Å². The standard InChI is InChI=1S/C18H31NS/c1-2-3-4-5-9-16-11-10-15-8-6-7-13-18(15)14-12-17(20)19(16)18/h15-16H,2-14H2,1H3/t15-,16+,18-/m0/s1. The van der Waals surface area contributed by atoms with E-state index in [0.29, 0.717) is 5.54 Å². The Hall–Kier alpha value is -0.110. The van der Waals surface area contributed by atoms with Crippen molar-refractivity contribution in [2.45, 2.75) is 102 Å². The lowest BCUT2D eigenvalue weighted by molar-refractivity contribution is -0.00848. The largest absolute Gasteiger partial charge is 0.357 e. The van der Waals surface area contributed by atoms with Gasteiger partial charge in [0.05, 0.1) is 4.99 Å². The minimum Gasteiger partial charge on any atom is -0.357 e. The highest BCUT2D eigenvalue weighted by Gasteiger charge is 2.53. The number of unbranched alkanes of at least 4 members (excludes halogenated alkanes) is 3. The van der Waals surface area contributed by atoms with Gasteiger partial charge in [-0.05, 0) is 44.4 Å². The van der Waals surface area contributed by atoms with E-state index in [1.165, 1.54) is 88.5 Å². The van der Waals surface area contributed by atoms with E-state index in [1.807, 2.05) is 0 Å². The van der Waals surface area contributed by atoms with Crippen molar-refractivity contribution in [2.75, 3.05) is 0 Å². The van der Waals surface area contributed by atoms with E-state index in [4.69, 9.17) is 12.2 Å². The quantitative estimate of drug-likeness (QED) is 0.488. The Morgan fingerprint density at radius 3 is 2.85 bits per heavy atom. The molecule has 1 nitrogen and oxygen atoms in total. The molecule has 0 aromatic rings. The SMILES string of the molecule is CCCCCC[C@@H]1CC[C@@H]2CCCC[C@]23CCC(=S)N13. The lowest BCUT2D eigenvalue weighted by atomic mass is 9.66. The summed E-state index contributed by atoms with van der Waals surface area (Å²) in [4.78, 5) is 4.11. The highest BCUT2D eigenvalue weighted by molar-refractivity contribution is 7.80. The van der Waals surface area contributed by atoms with Crippen LogP contribution in [0.2, 0.25) is 0 Å². The molecule has 3 fully saturated rings. The Labute approximate surface area is 130 Å². The first kappa shape index (κ1) is 14.8. The minimum absolute atomic E-state index is 0.517. The van der Waals surface area contributed by atoms with Crippen molar-refractivity contribution in [3.63, 3.8) is 0 Å². The molecule has 0 bridgehead atoms. The molecular formula is C18H31NS. The molecule has 3 rings (SSSR count). The van der Waals surface area contributed by atoms with Gasteiger partial charge in [-0.1, -0.05) is 57.7 Å². The first-order chi connectivity index (χ1) is 9.78. The average molecular weight is 294 g/mol.